The molecular formula is C16H19NO2. The van der Waals surface area contributed by atoms with Crippen LogP contribution in [-0.2, 0) is 9.53 Å². The number of carbonyl (C=O) groups is 1. The molecule has 3 nitrogen and oxygen atoms in total. The van der Waals surface area contributed by atoms with E-state index in [0.29, 0.717) is 0 Å². The first-order chi connectivity index (χ1) is 9.29. The van der Waals surface area contributed by atoms with Gasteiger partial charge in [-0.05, 0) is 24.5 Å². The van der Waals surface area contributed by atoms with Gasteiger partial charge in [-0.15, -0.1) is 0 Å². The van der Waals surface area contributed by atoms with Gasteiger partial charge < -0.3 is 9.64 Å². The van der Waals surface area contributed by atoms with E-state index in [-0.39, 0.29) is 5.97 Å². The van der Waals surface area contributed by atoms with Crippen LogP contribution in [0.25, 0.3) is 6.08 Å². The van der Waals surface area contributed by atoms with Crippen molar-refractivity contribution in [3.05, 3.63) is 53.7 Å². The molecule has 1 aliphatic rings. The highest BCUT2D eigenvalue weighted by molar-refractivity contribution is 5.83. The highest BCUT2D eigenvalue weighted by Gasteiger charge is 2.14. The Labute approximate surface area is 114 Å². The van der Waals surface area contributed by atoms with E-state index in [0.717, 1.165) is 24.4 Å². The second-order valence-electron chi connectivity index (χ2n) is 4.53. The zero-order chi connectivity index (χ0) is 13.5. The number of nitrogens with zero attached hydrogens (tertiary/aromatic N) is 1. The molecule has 1 fully saturated rings. The summed E-state index contributed by atoms with van der Waals surface area (Å²) >= 11 is 0. The van der Waals surface area contributed by atoms with Gasteiger partial charge >= 0.3 is 5.97 Å². The molecule has 0 aromatic heterocycles. The van der Waals surface area contributed by atoms with Crippen molar-refractivity contribution in [2.75, 3.05) is 20.2 Å². The van der Waals surface area contributed by atoms with Gasteiger partial charge in [0.2, 0.25) is 0 Å². The summed E-state index contributed by atoms with van der Waals surface area (Å²) in [6.45, 7) is 2.00. The Morgan fingerprint density at radius 3 is 2.53 bits per heavy atom. The molecule has 0 atom stereocenters. The Morgan fingerprint density at radius 1 is 1.21 bits per heavy atom. The van der Waals surface area contributed by atoms with E-state index in [1.807, 2.05) is 42.5 Å². The molecule has 1 aliphatic heterocycles. The Kier molecular flexibility index (Phi) is 4.78. The molecule has 0 bridgehead atoms. The quantitative estimate of drug-likeness (QED) is 0.472. The van der Waals surface area contributed by atoms with Crippen LogP contribution in [0.4, 0.5) is 0 Å². The maximum Gasteiger partial charge on any atom is 0.332 e. The number of carbonyl (C=O) groups excluding carboxylic acids is 1. The predicted octanol–water partition coefficient (Wildman–Crippen LogP) is 2.85. The lowest BCUT2D eigenvalue weighted by Crippen LogP contribution is -2.18. The van der Waals surface area contributed by atoms with E-state index in [2.05, 4.69) is 4.90 Å². The standard InChI is InChI=1S/C16H19NO2/c1-19-16(18)13-15(17-11-5-6-12-17)10-9-14-7-3-2-4-8-14/h2-4,7-10,13H,5-6,11-12H2,1H3/b10-9+,15-13-. The first-order valence-electron chi connectivity index (χ1n) is 6.57. The molecule has 1 aromatic carbocycles. The van der Waals surface area contributed by atoms with Crippen LogP contribution in [-0.4, -0.2) is 31.1 Å². The average Bonchev–Trinajstić information content (AvgIpc) is 2.98. The van der Waals surface area contributed by atoms with E-state index in [1.54, 1.807) is 6.08 Å². The van der Waals surface area contributed by atoms with E-state index < -0.39 is 0 Å². The first-order valence-corrected chi connectivity index (χ1v) is 6.57. The molecule has 0 amide bonds. The molecule has 0 spiro atoms. The minimum atomic E-state index is -0.306. The Balaban J connectivity index is 2.15. The third-order valence-corrected chi connectivity index (χ3v) is 3.18. The fraction of sp³-hybridized carbons (Fsp3) is 0.312. The number of hydrogen-bond acceptors (Lipinski definition) is 3. The van der Waals surface area contributed by atoms with Crippen LogP contribution in [0.15, 0.2) is 48.2 Å². The van der Waals surface area contributed by atoms with Crippen LogP contribution in [0.2, 0.25) is 0 Å². The Bertz CT molecular complexity index is 471. The average molecular weight is 257 g/mol. The van der Waals surface area contributed by atoms with Crippen molar-refractivity contribution in [3.63, 3.8) is 0 Å². The molecule has 0 aliphatic carbocycles. The first kappa shape index (κ1) is 13.4. The molecule has 2 rings (SSSR count). The molecule has 3 heteroatoms. The van der Waals surface area contributed by atoms with Gasteiger partial charge in [0.15, 0.2) is 0 Å². The summed E-state index contributed by atoms with van der Waals surface area (Å²) < 4.78 is 4.72. The van der Waals surface area contributed by atoms with Crippen LogP contribution in [0.5, 0.6) is 0 Å². The van der Waals surface area contributed by atoms with E-state index in [9.17, 15) is 4.79 Å². The fourth-order valence-corrected chi connectivity index (χ4v) is 2.15. The van der Waals surface area contributed by atoms with Gasteiger partial charge in [0.1, 0.15) is 0 Å². The van der Waals surface area contributed by atoms with Gasteiger partial charge in [-0.25, -0.2) is 4.79 Å². The van der Waals surface area contributed by atoms with Crippen molar-refractivity contribution >= 4 is 12.0 Å². The van der Waals surface area contributed by atoms with Crippen molar-refractivity contribution in [1.82, 2.24) is 4.90 Å². The van der Waals surface area contributed by atoms with Crippen molar-refractivity contribution in [2.45, 2.75) is 12.8 Å². The van der Waals surface area contributed by atoms with Crippen molar-refractivity contribution in [3.8, 4) is 0 Å². The summed E-state index contributed by atoms with van der Waals surface area (Å²) in [5.41, 5.74) is 2.05. The number of allylic oxidation sites excluding steroid dienone is 1. The van der Waals surface area contributed by atoms with E-state index in [4.69, 9.17) is 4.74 Å². The van der Waals surface area contributed by atoms with Crippen LogP contribution < -0.4 is 0 Å². The highest BCUT2D eigenvalue weighted by atomic mass is 16.5. The maximum absolute atomic E-state index is 11.4. The van der Waals surface area contributed by atoms with Crippen LogP contribution in [0.1, 0.15) is 18.4 Å². The summed E-state index contributed by atoms with van der Waals surface area (Å²) in [5.74, 6) is -0.306. The number of ether oxygens (including phenoxy) is 1. The van der Waals surface area contributed by atoms with Gasteiger partial charge in [-0.1, -0.05) is 36.4 Å². The van der Waals surface area contributed by atoms with Gasteiger partial charge in [0.25, 0.3) is 0 Å². The van der Waals surface area contributed by atoms with Crippen LogP contribution in [0, 0.1) is 0 Å². The summed E-state index contributed by atoms with van der Waals surface area (Å²) in [4.78, 5) is 13.6. The van der Waals surface area contributed by atoms with Crippen molar-refractivity contribution in [2.24, 2.45) is 0 Å². The van der Waals surface area contributed by atoms with Crippen LogP contribution in [0.3, 0.4) is 0 Å². The van der Waals surface area contributed by atoms with Crippen molar-refractivity contribution < 1.29 is 9.53 Å². The monoisotopic (exact) mass is 257 g/mol. The molecule has 1 heterocycles. The zero-order valence-corrected chi connectivity index (χ0v) is 11.2. The Hall–Kier alpha value is -2.03. The predicted molar refractivity (Wildman–Crippen MR) is 76.4 cm³/mol. The largest absolute Gasteiger partial charge is 0.466 e. The lowest BCUT2D eigenvalue weighted by Gasteiger charge is -2.18. The minimum Gasteiger partial charge on any atom is -0.466 e. The lowest BCUT2D eigenvalue weighted by atomic mass is 10.2. The topological polar surface area (TPSA) is 29.5 Å². The Morgan fingerprint density at radius 2 is 1.89 bits per heavy atom. The molecule has 1 saturated heterocycles. The molecule has 0 saturated carbocycles. The highest BCUT2D eigenvalue weighted by Crippen LogP contribution is 2.17. The molecule has 100 valence electrons. The molecule has 0 unspecified atom stereocenters. The van der Waals surface area contributed by atoms with E-state index >= 15 is 0 Å². The molecule has 0 radical (unpaired) electrons. The number of methoxy groups -OCH3 is 1. The zero-order valence-electron chi connectivity index (χ0n) is 11.2. The number of hydrogen-bond donors (Lipinski definition) is 0. The third kappa shape index (κ3) is 3.98. The summed E-state index contributed by atoms with van der Waals surface area (Å²) in [6, 6.07) is 10.1. The SMILES string of the molecule is COC(=O)/C=C(/C=C/c1ccccc1)N1CCCC1. The molecular weight excluding hydrogens is 238 g/mol. The summed E-state index contributed by atoms with van der Waals surface area (Å²) in [5, 5.41) is 0. The van der Waals surface area contributed by atoms with Gasteiger partial charge in [0, 0.05) is 24.9 Å². The van der Waals surface area contributed by atoms with Crippen molar-refractivity contribution in [1.29, 1.82) is 0 Å². The van der Waals surface area contributed by atoms with E-state index in [1.165, 1.54) is 20.0 Å². The number of rotatable bonds is 4. The lowest BCUT2D eigenvalue weighted by molar-refractivity contribution is -0.134. The van der Waals surface area contributed by atoms with Crippen LogP contribution >= 0.6 is 0 Å². The second-order valence-corrected chi connectivity index (χ2v) is 4.53. The second kappa shape index (κ2) is 6.78. The van der Waals surface area contributed by atoms with Gasteiger partial charge in [-0.3, -0.25) is 0 Å². The number of benzene rings is 1. The summed E-state index contributed by atoms with van der Waals surface area (Å²) in [7, 11) is 1.40. The molecule has 0 N–H and O–H groups in total. The third-order valence-electron chi connectivity index (χ3n) is 3.18. The smallest absolute Gasteiger partial charge is 0.332 e. The minimum absolute atomic E-state index is 0.306. The van der Waals surface area contributed by atoms with Gasteiger partial charge in [-0.2, -0.15) is 0 Å². The number of likely N-dealkylation sites (tertiary alicyclic amines) is 1. The normalized spacial score (nSPS) is 16.1. The van der Waals surface area contributed by atoms with Gasteiger partial charge in [0.05, 0.1) is 7.11 Å². The number of esters is 1. The summed E-state index contributed by atoms with van der Waals surface area (Å²) in [6.07, 6.45) is 7.92. The maximum atomic E-state index is 11.4. The fourth-order valence-electron chi connectivity index (χ4n) is 2.15. The molecule has 1 aromatic rings. The molecule has 19 heavy (non-hydrogen) atoms.